The zero-order chi connectivity index (χ0) is 12.4. The van der Waals surface area contributed by atoms with E-state index in [1.165, 1.54) is 12.1 Å². The number of furan rings is 1. The Labute approximate surface area is 106 Å². The van der Waals surface area contributed by atoms with Gasteiger partial charge in [-0.15, -0.1) is 0 Å². The van der Waals surface area contributed by atoms with Crippen molar-refractivity contribution in [3.63, 3.8) is 0 Å². The van der Waals surface area contributed by atoms with Crippen molar-refractivity contribution < 1.29 is 13.2 Å². The van der Waals surface area contributed by atoms with Gasteiger partial charge in [-0.05, 0) is 47.2 Å². The molecular formula is C12H10BrF2NO. The summed E-state index contributed by atoms with van der Waals surface area (Å²) in [6.07, 6.45) is 0. The third kappa shape index (κ3) is 2.40. The van der Waals surface area contributed by atoms with Crippen molar-refractivity contribution in [3.05, 3.63) is 46.1 Å². The molecule has 0 unspecified atom stereocenters. The van der Waals surface area contributed by atoms with Crippen LogP contribution in [0.5, 0.6) is 0 Å². The summed E-state index contributed by atoms with van der Waals surface area (Å²) in [5.74, 6) is -0.487. The van der Waals surface area contributed by atoms with Crippen LogP contribution in [0, 0.1) is 11.6 Å². The van der Waals surface area contributed by atoms with Gasteiger partial charge in [0.25, 0.3) is 0 Å². The zero-order valence-corrected chi connectivity index (χ0v) is 10.6. The molecule has 0 aliphatic rings. The van der Waals surface area contributed by atoms with Crippen molar-refractivity contribution in [2.75, 3.05) is 7.05 Å². The van der Waals surface area contributed by atoms with Gasteiger partial charge in [0.2, 0.25) is 0 Å². The number of benzene rings is 1. The van der Waals surface area contributed by atoms with Crippen LogP contribution in [-0.4, -0.2) is 7.05 Å². The van der Waals surface area contributed by atoms with Gasteiger partial charge in [0.15, 0.2) is 5.82 Å². The van der Waals surface area contributed by atoms with Crippen molar-refractivity contribution >= 4 is 15.9 Å². The molecule has 0 atom stereocenters. The second kappa shape index (κ2) is 4.98. The van der Waals surface area contributed by atoms with E-state index < -0.39 is 11.6 Å². The number of halogens is 3. The summed E-state index contributed by atoms with van der Waals surface area (Å²) in [4.78, 5) is 0. The third-order valence-corrected chi connectivity index (χ3v) is 2.92. The Hall–Kier alpha value is -1.20. The minimum absolute atomic E-state index is 0.151. The number of hydrogen-bond donors (Lipinski definition) is 1. The van der Waals surface area contributed by atoms with E-state index in [0.717, 1.165) is 0 Å². The quantitative estimate of drug-likeness (QED) is 0.874. The van der Waals surface area contributed by atoms with E-state index in [-0.39, 0.29) is 15.8 Å². The van der Waals surface area contributed by atoms with Crippen LogP contribution in [0.25, 0.3) is 11.3 Å². The Kier molecular flexibility index (Phi) is 3.59. The summed E-state index contributed by atoms with van der Waals surface area (Å²) in [5.41, 5.74) is -0.151. The van der Waals surface area contributed by atoms with Gasteiger partial charge in [0.1, 0.15) is 17.3 Å². The molecule has 1 aromatic carbocycles. The average Bonchev–Trinajstić information content (AvgIpc) is 2.73. The molecule has 0 radical (unpaired) electrons. The lowest BCUT2D eigenvalue weighted by molar-refractivity contribution is 0.496. The van der Waals surface area contributed by atoms with E-state index in [1.807, 2.05) is 0 Å². The Morgan fingerprint density at radius 2 is 2.00 bits per heavy atom. The highest BCUT2D eigenvalue weighted by molar-refractivity contribution is 9.10. The topological polar surface area (TPSA) is 25.2 Å². The molecule has 2 rings (SSSR count). The van der Waals surface area contributed by atoms with E-state index >= 15 is 0 Å². The molecule has 2 nitrogen and oxygen atoms in total. The van der Waals surface area contributed by atoms with Crippen LogP contribution in [0.1, 0.15) is 5.76 Å². The molecule has 1 N–H and O–H groups in total. The van der Waals surface area contributed by atoms with Gasteiger partial charge in [-0.3, -0.25) is 0 Å². The molecule has 0 saturated carbocycles. The first-order valence-electron chi connectivity index (χ1n) is 5.00. The maximum atomic E-state index is 13.8. The van der Waals surface area contributed by atoms with E-state index in [4.69, 9.17) is 4.42 Å². The first-order valence-corrected chi connectivity index (χ1v) is 5.80. The van der Waals surface area contributed by atoms with Gasteiger partial charge in [-0.25, -0.2) is 8.78 Å². The lowest BCUT2D eigenvalue weighted by Gasteiger charge is -2.03. The predicted octanol–water partition coefficient (Wildman–Crippen LogP) is 3.71. The Balaban J connectivity index is 2.48. The summed E-state index contributed by atoms with van der Waals surface area (Å²) >= 11 is 3.02. The Morgan fingerprint density at radius 1 is 1.24 bits per heavy atom. The monoisotopic (exact) mass is 301 g/mol. The van der Waals surface area contributed by atoms with Crippen molar-refractivity contribution in [1.82, 2.24) is 5.32 Å². The van der Waals surface area contributed by atoms with Crippen molar-refractivity contribution in [3.8, 4) is 11.3 Å². The lowest BCUT2D eigenvalue weighted by atomic mass is 10.1. The molecule has 17 heavy (non-hydrogen) atoms. The summed E-state index contributed by atoms with van der Waals surface area (Å²) in [6, 6.07) is 5.76. The van der Waals surface area contributed by atoms with Crippen LogP contribution in [0.3, 0.4) is 0 Å². The predicted molar refractivity (Wildman–Crippen MR) is 64.5 cm³/mol. The molecule has 0 aliphatic carbocycles. The molecule has 2 aromatic rings. The molecule has 0 fully saturated rings. The van der Waals surface area contributed by atoms with Gasteiger partial charge in [-0.1, -0.05) is 0 Å². The molecule has 5 heteroatoms. The molecule has 0 spiro atoms. The first kappa shape index (κ1) is 12.3. The molecule has 0 amide bonds. The van der Waals surface area contributed by atoms with E-state index in [0.29, 0.717) is 12.3 Å². The molecule has 90 valence electrons. The standard InChI is InChI=1S/C12H10BrF2NO/c1-16-6-7-2-5-10(17-7)11-9(14)4-3-8(13)12(11)15/h2-5,16H,6H2,1H3. The van der Waals surface area contributed by atoms with Gasteiger partial charge in [0.05, 0.1) is 16.6 Å². The highest BCUT2D eigenvalue weighted by Crippen LogP contribution is 2.31. The number of rotatable bonds is 3. The van der Waals surface area contributed by atoms with Gasteiger partial charge in [0, 0.05) is 0 Å². The van der Waals surface area contributed by atoms with Crippen LogP contribution < -0.4 is 5.32 Å². The zero-order valence-electron chi connectivity index (χ0n) is 9.06. The van der Waals surface area contributed by atoms with Crippen molar-refractivity contribution in [1.29, 1.82) is 0 Å². The second-order valence-electron chi connectivity index (χ2n) is 3.51. The van der Waals surface area contributed by atoms with Crippen LogP contribution in [-0.2, 0) is 6.54 Å². The minimum atomic E-state index is -0.657. The van der Waals surface area contributed by atoms with E-state index in [9.17, 15) is 8.78 Å². The third-order valence-electron chi connectivity index (χ3n) is 2.30. The van der Waals surface area contributed by atoms with Gasteiger partial charge >= 0.3 is 0 Å². The number of hydrogen-bond acceptors (Lipinski definition) is 2. The highest BCUT2D eigenvalue weighted by atomic mass is 79.9. The van der Waals surface area contributed by atoms with Crippen molar-refractivity contribution in [2.24, 2.45) is 0 Å². The maximum absolute atomic E-state index is 13.8. The van der Waals surface area contributed by atoms with Crippen LogP contribution >= 0.6 is 15.9 Å². The fourth-order valence-electron chi connectivity index (χ4n) is 1.53. The lowest BCUT2D eigenvalue weighted by Crippen LogP contribution is -2.03. The highest BCUT2D eigenvalue weighted by Gasteiger charge is 2.17. The smallest absolute Gasteiger partial charge is 0.151 e. The fourth-order valence-corrected chi connectivity index (χ4v) is 1.86. The summed E-state index contributed by atoms with van der Waals surface area (Å²) in [6.45, 7) is 0.511. The molecule has 0 saturated heterocycles. The largest absolute Gasteiger partial charge is 0.460 e. The van der Waals surface area contributed by atoms with Crippen LogP contribution in [0.15, 0.2) is 33.2 Å². The normalized spacial score (nSPS) is 10.8. The maximum Gasteiger partial charge on any atom is 0.151 e. The second-order valence-corrected chi connectivity index (χ2v) is 4.37. The fraction of sp³-hybridized carbons (Fsp3) is 0.167. The van der Waals surface area contributed by atoms with Gasteiger partial charge < -0.3 is 9.73 Å². The Morgan fingerprint density at radius 3 is 2.71 bits per heavy atom. The van der Waals surface area contributed by atoms with Crippen molar-refractivity contribution in [2.45, 2.75) is 6.54 Å². The average molecular weight is 302 g/mol. The molecule has 0 bridgehead atoms. The van der Waals surface area contributed by atoms with E-state index in [1.54, 1.807) is 19.2 Å². The summed E-state index contributed by atoms with van der Waals surface area (Å²) in [5, 5.41) is 2.90. The number of nitrogens with one attached hydrogen (secondary N) is 1. The summed E-state index contributed by atoms with van der Waals surface area (Å²) in [7, 11) is 1.77. The SMILES string of the molecule is CNCc1ccc(-c2c(F)ccc(Br)c2F)o1. The van der Waals surface area contributed by atoms with Gasteiger partial charge in [-0.2, -0.15) is 0 Å². The minimum Gasteiger partial charge on any atom is -0.460 e. The first-order chi connectivity index (χ1) is 8.13. The Bertz CT molecular complexity index is 539. The van der Waals surface area contributed by atoms with Crippen LogP contribution in [0.4, 0.5) is 8.78 Å². The molecule has 1 heterocycles. The summed E-state index contributed by atoms with van der Waals surface area (Å²) < 4.78 is 32.9. The molecular weight excluding hydrogens is 292 g/mol. The van der Waals surface area contributed by atoms with E-state index in [2.05, 4.69) is 21.2 Å². The molecule has 0 aliphatic heterocycles. The molecule has 1 aromatic heterocycles. The van der Waals surface area contributed by atoms with Crippen LogP contribution in [0.2, 0.25) is 0 Å².